The molecule has 0 bridgehead atoms. The Hall–Kier alpha value is -2.81. The number of nitrogens with zero attached hydrogens (tertiary/aromatic N) is 1. The van der Waals surface area contributed by atoms with Crippen molar-refractivity contribution in [1.29, 1.82) is 5.26 Å². The lowest BCUT2D eigenvalue weighted by molar-refractivity contribution is -0.133. The van der Waals surface area contributed by atoms with Crippen LogP contribution in [-0.4, -0.2) is 18.4 Å². The quantitative estimate of drug-likeness (QED) is 0.794. The minimum atomic E-state index is -2.91. The summed E-state index contributed by atoms with van der Waals surface area (Å²) >= 11 is 0. The van der Waals surface area contributed by atoms with Gasteiger partial charge in [-0.1, -0.05) is 36.4 Å². The monoisotopic (exact) mass is 372 g/mol. The number of hydrogen-bond acceptors (Lipinski definition) is 2. The predicted octanol–water partition coefficient (Wildman–Crippen LogP) is 4.65. The molecule has 3 nitrogen and oxygen atoms in total. The molecule has 6 heteroatoms. The number of carbonyl (C=O) groups excluding carboxylic acids is 1. The van der Waals surface area contributed by atoms with Crippen LogP contribution < -0.4 is 5.32 Å². The van der Waals surface area contributed by atoms with Gasteiger partial charge in [0.05, 0.1) is 12.0 Å². The van der Waals surface area contributed by atoms with Crippen molar-refractivity contribution in [2.24, 2.45) is 5.92 Å². The fourth-order valence-corrected chi connectivity index (χ4v) is 3.75. The molecule has 0 aromatic heterocycles. The van der Waals surface area contributed by atoms with Crippen LogP contribution in [-0.2, 0) is 4.79 Å². The van der Waals surface area contributed by atoms with E-state index in [2.05, 4.69) is 5.32 Å². The summed E-state index contributed by atoms with van der Waals surface area (Å²) in [5.74, 6) is -5.12. The van der Waals surface area contributed by atoms with Crippen LogP contribution in [0, 0.1) is 23.1 Å². The Kier molecular flexibility index (Phi) is 5.50. The fraction of sp³-hybridized carbons (Fsp3) is 0.333. The van der Waals surface area contributed by atoms with Gasteiger partial charge in [-0.15, -0.1) is 0 Å². The molecule has 27 heavy (non-hydrogen) atoms. The van der Waals surface area contributed by atoms with Gasteiger partial charge in [0.1, 0.15) is 12.4 Å². The third kappa shape index (κ3) is 4.30. The molecule has 1 fully saturated rings. The van der Waals surface area contributed by atoms with Crippen LogP contribution >= 0.6 is 0 Å². The highest BCUT2D eigenvalue weighted by Gasteiger charge is 2.45. The number of benzene rings is 2. The van der Waals surface area contributed by atoms with Gasteiger partial charge in [-0.25, -0.2) is 13.2 Å². The van der Waals surface area contributed by atoms with Gasteiger partial charge in [-0.05, 0) is 41.2 Å². The molecule has 1 saturated carbocycles. The number of halogens is 3. The highest BCUT2D eigenvalue weighted by atomic mass is 19.3. The number of carbonyl (C=O) groups is 1. The average Bonchev–Trinajstić information content (AvgIpc) is 2.66. The molecular formula is C21H19F3N2O. The predicted molar refractivity (Wildman–Crippen MR) is 95.5 cm³/mol. The summed E-state index contributed by atoms with van der Waals surface area (Å²) in [6, 6.07) is 15.1. The minimum Gasteiger partial charge on any atom is -0.343 e. The first-order chi connectivity index (χ1) is 12.9. The fourth-order valence-electron chi connectivity index (χ4n) is 3.75. The van der Waals surface area contributed by atoms with E-state index in [1.807, 2.05) is 18.2 Å². The van der Waals surface area contributed by atoms with E-state index in [1.54, 1.807) is 24.3 Å². The molecule has 1 aliphatic carbocycles. The summed E-state index contributed by atoms with van der Waals surface area (Å²) < 4.78 is 41.3. The largest absolute Gasteiger partial charge is 0.343 e. The molecule has 1 amide bonds. The third-order valence-electron chi connectivity index (χ3n) is 5.02. The molecule has 1 N–H and O–H groups in total. The Morgan fingerprint density at radius 3 is 2.59 bits per heavy atom. The van der Waals surface area contributed by atoms with Crippen molar-refractivity contribution in [3.8, 4) is 17.2 Å². The van der Waals surface area contributed by atoms with Crippen molar-refractivity contribution in [2.75, 3.05) is 6.54 Å². The Morgan fingerprint density at radius 1 is 1.19 bits per heavy atom. The first-order valence-electron chi connectivity index (χ1n) is 8.78. The van der Waals surface area contributed by atoms with Gasteiger partial charge in [-0.2, -0.15) is 5.26 Å². The zero-order valence-corrected chi connectivity index (χ0v) is 14.6. The summed E-state index contributed by atoms with van der Waals surface area (Å²) in [6.07, 6.45) is -0.681. The zero-order chi connectivity index (χ0) is 19.4. The minimum absolute atomic E-state index is 0.163. The molecule has 3 rings (SSSR count). The molecule has 0 spiro atoms. The van der Waals surface area contributed by atoms with E-state index in [1.165, 1.54) is 12.1 Å². The second-order valence-electron chi connectivity index (χ2n) is 6.78. The van der Waals surface area contributed by atoms with E-state index in [0.29, 0.717) is 0 Å². The molecule has 1 aliphatic rings. The lowest BCUT2D eigenvalue weighted by atomic mass is 9.72. The summed E-state index contributed by atoms with van der Waals surface area (Å²) in [6.45, 7) is -0.215. The van der Waals surface area contributed by atoms with Crippen LogP contribution in [0.4, 0.5) is 13.2 Å². The molecular weight excluding hydrogens is 353 g/mol. The van der Waals surface area contributed by atoms with Crippen LogP contribution in [0.1, 0.15) is 30.7 Å². The van der Waals surface area contributed by atoms with Gasteiger partial charge in [0.25, 0.3) is 0 Å². The second kappa shape index (κ2) is 7.83. The molecule has 0 aliphatic heterocycles. The zero-order valence-electron chi connectivity index (χ0n) is 14.6. The van der Waals surface area contributed by atoms with Gasteiger partial charge in [0, 0.05) is 12.8 Å². The maximum absolute atomic E-state index is 14.0. The van der Waals surface area contributed by atoms with Crippen molar-refractivity contribution in [3.63, 3.8) is 0 Å². The first-order valence-corrected chi connectivity index (χ1v) is 8.78. The third-order valence-corrected chi connectivity index (χ3v) is 5.02. The Balaban J connectivity index is 1.99. The number of alkyl halides is 2. The number of hydrogen-bond donors (Lipinski definition) is 1. The molecule has 0 radical (unpaired) electrons. The van der Waals surface area contributed by atoms with Crippen molar-refractivity contribution < 1.29 is 18.0 Å². The Morgan fingerprint density at radius 2 is 1.89 bits per heavy atom. The van der Waals surface area contributed by atoms with Crippen molar-refractivity contribution in [3.05, 3.63) is 59.9 Å². The van der Waals surface area contributed by atoms with Crippen molar-refractivity contribution >= 4 is 5.91 Å². The molecule has 1 unspecified atom stereocenters. The van der Waals surface area contributed by atoms with Crippen LogP contribution in [0.2, 0.25) is 0 Å². The maximum atomic E-state index is 14.0. The summed E-state index contributed by atoms with van der Waals surface area (Å²) in [5, 5.41) is 11.1. The molecule has 2 atom stereocenters. The first kappa shape index (κ1) is 19.0. The van der Waals surface area contributed by atoms with Crippen molar-refractivity contribution in [2.45, 2.75) is 31.1 Å². The number of rotatable bonds is 4. The van der Waals surface area contributed by atoms with E-state index in [4.69, 9.17) is 5.26 Å². The van der Waals surface area contributed by atoms with Crippen LogP contribution in [0.3, 0.4) is 0 Å². The smallest absolute Gasteiger partial charge is 0.249 e. The lowest BCUT2D eigenvalue weighted by Crippen LogP contribution is -2.41. The van der Waals surface area contributed by atoms with E-state index in [9.17, 15) is 18.0 Å². The van der Waals surface area contributed by atoms with Crippen molar-refractivity contribution in [1.82, 2.24) is 5.32 Å². The normalized spacial score (nSPS) is 21.3. The van der Waals surface area contributed by atoms with E-state index in [0.717, 1.165) is 16.7 Å². The van der Waals surface area contributed by atoms with Gasteiger partial charge < -0.3 is 5.32 Å². The lowest BCUT2D eigenvalue weighted by Gasteiger charge is -2.36. The van der Waals surface area contributed by atoms with E-state index < -0.39 is 30.1 Å². The molecule has 140 valence electrons. The summed E-state index contributed by atoms with van der Waals surface area (Å²) in [7, 11) is 0. The summed E-state index contributed by atoms with van der Waals surface area (Å²) in [5.41, 5.74) is 2.35. The SMILES string of the molecule is N#CCNC(=O)[C@@H]1CC(F)(F)CCC1c1ccccc1-c1ccc(F)cc1. The standard InChI is InChI=1S/C21H19F3N2O/c22-15-7-5-14(6-8-15)16-3-1-2-4-17(16)18-9-10-21(23,24)13-19(18)20(27)26-12-11-25/h1-8,18-19H,9-10,12-13H2,(H,26,27)/t18?,19-/m1/s1. The topological polar surface area (TPSA) is 52.9 Å². The highest BCUT2D eigenvalue weighted by molar-refractivity contribution is 5.81. The molecule has 2 aromatic rings. The molecule has 0 saturated heterocycles. The number of amides is 1. The maximum Gasteiger partial charge on any atom is 0.249 e. The van der Waals surface area contributed by atoms with Gasteiger partial charge >= 0.3 is 0 Å². The van der Waals surface area contributed by atoms with E-state index in [-0.39, 0.29) is 25.2 Å². The van der Waals surface area contributed by atoms with Crippen LogP contribution in [0.15, 0.2) is 48.5 Å². The number of nitrogens with one attached hydrogen (secondary N) is 1. The molecule has 2 aromatic carbocycles. The second-order valence-corrected chi connectivity index (χ2v) is 6.78. The number of nitriles is 1. The average molecular weight is 372 g/mol. The van der Waals surface area contributed by atoms with Crippen LogP contribution in [0.5, 0.6) is 0 Å². The molecule has 0 heterocycles. The Bertz CT molecular complexity index is 858. The van der Waals surface area contributed by atoms with Gasteiger partial charge in [-0.3, -0.25) is 4.79 Å². The Labute approximate surface area is 155 Å². The van der Waals surface area contributed by atoms with Gasteiger partial charge in [0.2, 0.25) is 11.8 Å². The van der Waals surface area contributed by atoms with Crippen LogP contribution in [0.25, 0.3) is 11.1 Å². The highest BCUT2D eigenvalue weighted by Crippen LogP contribution is 2.47. The summed E-state index contributed by atoms with van der Waals surface area (Å²) in [4.78, 5) is 12.5. The van der Waals surface area contributed by atoms with E-state index >= 15 is 0 Å². The van der Waals surface area contributed by atoms with Gasteiger partial charge in [0.15, 0.2) is 0 Å².